The summed E-state index contributed by atoms with van der Waals surface area (Å²) >= 11 is 3.33. The van der Waals surface area contributed by atoms with Gasteiger partial charge in [0.25, 0.3) is 5.91 Å². The van der Waals surface area contributed by atoms with E-state index in [2.05, 4.69) is 31.4 Å². The highest BCUT2D eigenvalue weighted by Crippen LogP contribution is 2.15. The highest BCUT2D eigenvalue weighted by molar-refractivity contribution is 9.10. The molecule has 2 rings (SSSR count). The van der Waals surface area contributed by atoms with Gasteiger partial charge >= 0.3 is 0 Å². The minimum atomic E-state index is -0.272. The molecule has 1 aromatic heterocycles. The van der Waals surface area contributed by atoms with Gasteiger partial charge in [-0.25, -0.2) is 0 Å². The maximum Gasteiger partial charge on any atom is 0.277 e. The quantitative estimate of drug-likeness (QED) is 0.913. The number of carbonyl (C=O) groups is 1. The highest BCUT2D eigenvalue weighted by atomic mass is 79.9. The van der Waals surface area contributed by atoms with Crippen molar-refractivity contribution in [3.8, 4) is 0 Å². The standard InChI is InChI=1S/C10H9BrN4O/c1-15-12-6-9(14-15)10(16)13-8-4-2-3-7(11)5-8/h2-6H,1H3,(H,13,16). The number of benzene rings is 1. The summed E-state index contributed by atoms with van der Waals surface area (Å²) in [6.45, 7) is 0. The number of rotatable bonds is 2. The van der Waals surface area contributed by atoms with Crippen molar-refractivity contribution in [3.63, 3.8) is 0 Å². The lowest BCUT2D eigenvalue weighted by Gasteiger charge is -2.02. The average molecular weight is 281 g/mol. The smallest absolute Gasteiger partial charge is 0.277 e. The van der Waals surface area contributed by atoms with Crippen molar-refractivity contribution in [1.29, 1.82) is 0 Å². The van der Waals surface area contributed by atoms with Gasteiger partial charge < -0.3 is 5.32 Å². The first-order chi connectivity index (χ1) is 7.65. The molecule has 0 unspecified atom stereocenters. The van der Waals surface area contributed by atoms with E-state index in [0.717, 1.165) is 4.47 Å². The lowest BCUT2D eigenvalue weighted by atomic mass is 10.3. The van der Waals surface area contributed by atoms with E-state index in [0.29, 0.717) is 11.4 Å². The van der Waals surface area contributed by atoms with Gasteiger partial charge in [0.2, 0.25) is 0 Å². The third-order valence-corrected chi connectivity index (χ3v) is 2.41. The minimum absolute atomic E-state index is 0.272. The van der Waals surface area contributed by atoms with Crippen molar-refractivity contribution in [3.05, 3.63) is 40.6 Å². The molecule has 0 saturated carbocycles. The zero-order chi connectivity index (χ0) is 11.5. The molecule has 0 radical (unpaired) electrons. The maximum atomic E-state index is 11.7. The molecule has 82 valence electrons. The summed E-state index contributed by atoms with van der Waals surface area (Å²) in [6.07, 6.45) is 1.42. The average Bonchev–Trinajstić information content (AvgIpc) is 2.65. The summed E-state index contributed by atoms with van der Waals surface area (Å²) in [5.41, 5.74) is 1.01. The van der Waals surface area contributed by atoms with Crippen LogP contribution in [-0.2, 0) is 7.05 Å². The number of aryl methyl sites for hydroxylation is 1. The van der Waals surface area contributed by atoms with Crippen LogP contribution in [-0.4, -0.2) is 20.9 Å². The minimum Gasteiger partial charge on any atom is -0.321 e. The molecular weight excluding hydrogens is 272 g/mol. The summed E-state index contributed by atoms with van der Waals surface area (Å²) in [5, 5.41) is 10.5. The molecule has 6 heteroatoms. The molecule has 1 N–H and O–H groups in total. The topological polar surface area (TPSA) is 59.8 Å². The van der Waals surface area contributed by atoms with Crippen LogP contribution in [0.4, 0.5) is 5.69 Å². The summed E-state index contributed by atoms with van der Waals surface area (Å²) in [6, 6.07) is 7.35. The number of anilines is 1. The molecule has 2 aromatic rings. The van der Waals surface area contributed by atoms with Crippen molar-refractivity contribution in [2.24, 2.45) is 7.05 Å². The number of halogens is 1. The SMILES string of the molecule is Cn1ncc(C(=O)Nc2cccc(Br)c2)n1. The Balaban J connectivity index is 2.13. The van der Waals surface area contributed by atoms with Crippen LogP contribution in [0.15, 0.2) is 34.9 Å². The van der Waals surface area contributed by atoms with Gasteiger partial charge in [0.15, 0.2) is 5.69 Å². The number of nitrogens with one attached hydrogen (secondary N) is 1. The summed E-state index contributed by atoms with van der Waals surface area (Å²) in [5.74, 6) is -0.272. The Kier molecular flexibility index (Phi) is 3.00. The fourth-order valence-corrected chi connectivity index (χ4v) is 1.61. The van der Waals surface area contributed by atoms with E-state index >= 15 is 0 Å². The Hall–Kier alpha value is -1.69. The first kappa shape index (κ1) is 10.8. The molecule has 1 aromatic carbocycles. The first-order valence-electron chi connectivity index (χ1n) is 4.58. The highest BCUT2D eigenvalue weighted by Gasteiger charge is 2.09. The van der Waals surface area contributed by atoms with Crippen LogP contribution >= 0.6 is 15.9 Å². The van der Waals surface area contributed by atoms with E-state index in [9.17, 15) is 4.79 Å². The predicted molar refractivity (Wildman–Crippen MR) is 63.1 cm³/mol. The summed E-state index contributed by atoms with van der Waals surface area (Å²) in [7, 11) is 1.66. The van der Waals surface area contributed by atoms with Crippen LogP contribution in [0.1, 0.15) is 10.5 Å². The van der Waals surface area contributed by atoms with Gasteiger partial charge in [-0.2, -0.15) is 9.90 Å². The van der Waals surface area contributed by atoms with E-state index in [1.807, 2.05) is 18.2 Å². The van der Waals surface area contributed by atoms with E-state index in [1.54, 1.807) is 13.1 Å². The summed E-state index contributed by atoms with van der Waals surface area (Å²) < 4.78 is 0.907. The number of hydrogen-bond donors (Lipinski definition) is 1. The van der Waals surface area contributed by atoms with Crippen molar-refractivity contribution >= 4 is 27.5 Å². The predicted octanol–water partition coefficient (Wildman–Crippen LogP) is 1.83. The largest absolute Gasteiger partial charge is 0.321 e. The fourth-order valence-electron chi connectivity index (χ4n) is 1.21. The molecule has 0 aliphatic heterocycles. The van der Waals surface area contributed by atoms with Crippen molar-refractivity contribution in [1.82, 2.24) is 15.0 Å². The second-order valence-electron chi connectivity index (χ2n) is 3.18. The number of amides is 1. The maximum absolute atomic E-state index is 11.7. The van der Waals surface area contributed by atoms with E-state index in [4.69, 9.17) is 0 Å². The Bertz CT molecular complexity index is 523. The Morgan fingerprint density at radius 1 is 1.50 bits per heavy atom. The van der Waals surface area contributed by atoms with Crippen LogP contribution in [0, 0.1) is 0 Å². The van der Waals surface area contributed by atoms with Crippen LogP contribution in [0.3, 0.4) is 0 Å². The monoisotopic (exact) mass is 280 g/mol. The van der Waals surface area contributed by atoms with Crippen molar-refractivity contribution in [2.45, 2.75) is 0 Å². The van der Waals surface area contributed by atoms with Gasteiger partial charge in [-0.15, -0.1) is 5.10 Å². The third-order valence-electron chi connectivity index (χ3n) is 1.91. The molecule has 0 bridgehead atoms. The number of aromatic nitrogens is 3. The van der Waals surface area contributed by atoms with E-state index < -0.39 is 0 Å². The van der Waals surface area contributed by atoms with Gasteiger partial charge in [-0.05, 0) is 18.2 Å². The lowest BCUT2D eigenvalue weighted by molar-refractivity contribution is 0.102. The second-order valence-corrected chi connectivity index (χ2v) is 4.10. The fraction of sp³-hybridized carbons (Fsp3) is 0.100. The third kappa shape index (κ3) is 2.46. The molecule has 1 heterocycles. The molecule has 5 nitrogen and oxygen atoms in total. The van der Waals surface area contributed by atoms with Crippen LogP contribution in [0.2, 0.25) is 0 Å². The normalized spacial score (nSPS) is 10.1. The zero-order valence-corrected chi connectivity index (χ0v) is 10.1. The molecule has 16 heavy (non-hydrogen) atoms. The number of nitrogens with zero attached hydrogens (tertiary/aromatic N) is 3. The number of hydrogen-bond acceptors (Lipinski definition) is 3. The summed E-state index contributed by atoms with van der Waals surface area (Å²) in [4.78, 5) is 13.0. The Labute approximate surface area is 101 Å². The molecule has 0 spiro atoms. The Morgan fingerprint density at radius 2 is 2.31 bits per heavy atom. The molecule has 0 saturated heterocycles. The van der Waals surface area contributed by atoms with Gasteiger partial charge in [0, 0.05) is 17.2 Å². The van der Waals surface area contributed by atoms with Crippen LogP contribution in [0.25, 0.3) is 0 Å². The van der Waals surface area contributed by atoms with E-state index in [1.165, 1.54) is 11.0 Å². The first-order valence-corrected chi connectivity index (χ1v) is 5.38. The molecule has 0 atom stereocenters. The molecule has 0 aliphatic carbocycles. The molecule has 1 amide bonds. The lowest BCUT2D eigenvalue weighted by Crippen LogP contribution is -2.12. The molecular formula is C10H9BrN4O. The van der Waals surface area contributed by atoms with Gasteiger partial charge in [0.05, 0.1) is 6.20 Å². The molecule has 0 fully saturated rings. The van der Waals surface area contributed by atoms with Crippen LogP contribution in [0.5, 0.6) is 0 Å². The Morgan fingerprint density at radius 3 is 2.94 bits per heavy atom. The molecule has 0 aliphatic rings. The second kappa shape index (κ2) is 4.44. The zero-order valence-electron chi connectivity index (χ0n) is 8.51. The van der Waals surface area contributed by atoms with Gasteiger partial charge in [-0.3, -0.25) is 4.79 Å². The van der Waals surface area contributed by atoms with Crippen LogP contribution < -0.4 is 5.32 Å². The van der Waals surface area contributed by atoms with Crippen molar-refractivity contribution in [2.75, 3.05) is 5.32 Å². The number of carbonyl (C=O) groups excluding carboxylic acids is 1. The van der Waals surface area contributed by atoms with Crippen molar-refractivity contribution < 1.29 is 4.79 Å². The van der Waals surface area contributed by atoms with E-state index in [-0.39, 0.29) is 5.91 Å². The van der Waals surface area contributed by atoms with Gasteiger partial charge in [0.1, 0.15) is 0 Å². The van der Waals surface area contributed by atoms with Gasteiger partial charge in [-0.1, -0.05) is 22.0 Å².